The molecule has 1 fully saturated rings. The van der Waals surface area contributed by atoms with Gasteiger partial charge in [-0.25, -0.2) is 9.97 Å². The Labute approximate surface area is 211 Å². The number of benzene rings is 1. The number of amides is 1. The van der Waals surface area contributed by atoms with E-state index in [1.165, 1.54) is 29.1 Å². The molecule has 3 aromatic rings. The maximum Gasteiger partial charge on any atom is 0.416 e. The van der Waals surface area contributed by atoms with Gasteiger partial charge in [0.15, 0.2) is 11.4 Å². The van der Waals surface area contributed by atoms with Crippen molar-refractivity contribution in [1.82, 2.24) is 19.9 Å². The van der Waals surface area contributed by atoms with Crippen molar-refractivity contribution >= 4 is 17.1 Å². The van der Waals surface area contributed by atoms with E-state index in [4.69, 9.17) is 14.2 Å². The molecular formula is C26H27F3N4O4. The first-order valence-electron chi connectivity index (χ1n) is 11.6. The number of nitrogens with zero attached hydrogens (tertiary/aromatic N) is 3. The van der Waals surface area contributed by atoms with Gasteiger partial charge in [-0.3, -0.25) is 9.36 Å². The molecule has 0 saturated carbocycles. The highest BCUT2D eigenvalue weighted by molar-refractivity contribution is 5.95. The summed E-state index contributed by atoms with van der Waals surface area (Å²) in [5.41, 5.74) is 0.688. The molecule has 0 bridgehead atoms. The van der Waals surface area contributed by atoms with Crippen molar-refractivity contribution in [2.24, 2.45) is 0 Å². The van der Waals surface area contributed by atoms with Crippen molar-refractivity contribution < 1.29 is 32.2 Å². The lowest BCUT2D eigenvalue weighted by Gasteiger charge is -2.17. The number of alkyl halides is 3. The van der Waals surface area contributed by atoms with Gasteiger partial charge in [-0.2, -0.15) is 13.2 Å². The Morgan fingerprint density at radius 3 is 2.76 bits per heavy atom. The minimum absolute atomic E-state index is 0.0753. The van der Waals surface area contributed by atoms with Crippen molar-refractivity contribution in [2.45, 2.75) is 45.8 Å². The van der Waals surface area contributed by atoms with Crippen LogP contribution >= 0.6 is 0 Å². The van der Waals surface area contributed by atoms with Crippen LogP contribution in [0.15, 0.2) is 66.3 Å². The number of carbonyl (C=O) groups is 1. The second-order valence-electron chi connectivity index (χ2n) is 8.92. The largest absolute Gasteiger partial charge is 0.495 e. The topological polar surface area (TPSA) is 87.5 Å². The lowest BCUT2D eigenvalue weighted by molar-refractivity contribution is -0.143. The second kappa shape index (κ2) is 10.3. The molecule has 1 amide bonds. The number of ether oxygens (including phenoxy) is 3. The molecule has 196 valence electrons. The molecule has 11 heteroatoms. The van der Waals surface area contributed by atoms with E-state index in [-0.39, 0.29) is 23.1 Å². The predicted octanol–water partition coefficient (Wildman–Crippen LogP) is 5.14. The first-order valence-corrected chi connectivity index (χ1v) is 11.6. The van der Waals surface area contributed by atoms with E-state index >= 15 is 0 Å². The molecule has 1 aliphatic rings. The third-order valence-corrected chi connectivity index (χ3v) is 5.57. The molecule has 0 radical (unpaired) electrons. The van der Waals surface area contributed by atoms with Crippen LogP contribution in [0, 0.1) is 0 Å². The summed E-state index contributed by atoms with van der Waals surface area (Å²) in [5.74, 6) is -0.573. The van der Waals surface area contributed by atoms with Crippen molar-refractivity contribution in [3.05, 3.63) is 77.6 Å². The van der Waals surface area contributed by atoms with Crippen molar-refractivity contribution in [1.29, 1.82) is 0 Å². The molecule has 1 N–H and O–H groups in total. The number of hydrogen-bond acceptors (Lipinski definition) is 6. The third-order valence-electron chi connectivity index (χ3n) is 5.57. The van der Waals surface area contributed by atoms with Gasteiger partial charge in [0.05, 0.1) is 17.9 Å². The lowest BCUT2D eigenvalue weighted by atomic mass is 10.2. The summed E-state index contributed by atoms with van der Waals surface area (Å²) in [6.45, 7) is 7.92. The third kappa shape index (κ3) is 6.36. The van der Waals surface area contributed by atoms with Crippen LogP contribution in [0.3, 0.4) is 0 Å². The molecule has 3 heterocycles. The molecule has 1 atom stereocenters. The van der Waals surface area contributed by atoms with Crippen LogP contribution in [0.5, 0.6) is 0 Å². The number of nitrogens with one attached hydrogen (secondary N) is 1. The number of pyridine rings is 1. The highest BCUT2D eigenvalue weighted by atomic mass is 19.4. The number of aromatic nitrogens is 3. The Morgan fingerprint density at radius 1 is 1.30 bits per heavy atom. The van der Waals surface area contributed by atoms with Crippen LogP contribution < -0.4 is 5.32 Å². The number of carbonyl (C=O) groups excluding carboxylic acids is 1. The Balaban J connectivity index is 1.48. The fourth-order valence-corrected chi connectivity index (χ4v) is 3.76. The number of imidazole rings is 1. The number of hydrogen-bond donors (Lipinski definition) is 1. The summed E-state index contributed by atoms with van der Waals surface area (Å²) in [6, 6.07) is 7.90. The Morgan fingerprint density at radius 2 is 2.08 bits per heavy atom. The summed E-state index contributed by atoms with van der Waals surface area (Å²) in [7, 11) is 0. The van der Waals surface area contributed by atoms with Gasteiger partial charge < -0.3 is 19.5 Å². The maximum absolute atomic E-state index is 13.2. The number of fused-ring (bicyclic) bond motifs is 1. The SMILES string of the molecule is CC=C(C=C(C)OCC1COC(C)(C)O1)NC(=O)c1ccc2ncn(-c3cccc(C(F)(F)F)c3)c2n1. The van der Waals surface area contributed by atoms with E-state index in [0.717, 1.165) is 12.1 Å². The number of halogens is 3. The van der Waals surface area contributed by atoms with E-state index in [9.17, 15) is 18.0 Å². The van der Waals surface area contributed by atoms with E-state index in [1.807, 2.05) is 13.8 Å². The average Bonchev–Trinajstić information content (AvgIpc) is 3.43. The molecule has 2 aromatic heterocycles. The van der Waals surface area contributed by atoms with Gasteiger partial charge in [-0.15, -0.1) is 0 Å². The quantitative estimate of drug-likeness (QED) is 0.346. The van der Waals surface area contributed by atoms with E-state index in [1.54, 1.807) is 32.1 Å². The Bertz CT molecular complexity index is 1360. The number of rotatable bonds is 7. The normalized spacial score (nSPS) is 18.3. The van der Waals surface area contributed by atoms with Gasteiger partial charge in [0.2, 0.25) is 0 Å². The summed E-state index contributed by atoms with van der Waals surface area (Å²) in [6.07, 6.45) is 0.0614. The average molecular weight is 517 g/mol. The molecule has 1 aromatic carbocycles. The molecule has 37 heavy (non-hydrogen) atoms. The van der Waals surface area contributed by atoms with Crippen LogP contribution in [-0.4, -0.2) is 45.5 Å². The maximum atomic E-state index is 13.2. The van der Waals surface area contributed by atoms with Crippen LogP contribution in [0.4, 0.5) is 13.2 Å². The highest BCUT2D eigenvalue weighted by Crippen LogP contribution is 2.31. The van der Waals surface area contributed by atoms with E-state index in [2.05, 4.69) is 15.3 Å². The van der Waals surface area contributed by atoms with Gasteiger partial charge in [0.1, 0.15) is 30.2 Å². The summed E-state index contributed by atoms with van der Waals surface area (Å²) in [4.78, 5) is 21.5. The Hall–Kier alpha value is -3.70. The first kappa shape index (κ1) is 26.4. The molecule has 0 spiro atoms. The first-order chi connectivity index (χ1) is 17.4. The van der Waals surface area contributed by atoms with Gasteiger partial charge in [-0.1, -0.05) is 12.1 Å². The lowest BCUT2D eigenvalue weighted by Crippen LogP contribution is -2.24. The molecular weight excluding hydrogens is 489 g/mol. The van der Waals surface area contributed by atoms with Gasteiger partial charge in [0.25, 0.3) is 5.91 Å². The second-order valence-corrected chi connectivity index (χ2v) is 8.92. The summed E-state index contributed by atoms with van der Waals surface area (Å²) < 4.78 is 57.9. The van der Waals surface area contributed by atoms with E-state index < -0.39 is 23.4 Å². The fourth-order valence-electron chi connectivity index (χ4n) is 3.76. The predicted molar refractivity (Wildman–Crippen MR) is 130 cm³/mol. The van der Waals surface area contributed by atoms with Crippen molar-refractivity contribution in [3.8, 4) is 5.69 Å². The summed E-state index contributed by atoms with van der Waals surface area (Å²) in [5, 5.41) is 2.77. The van der Waals surface area contributed by atoms with Crippen LogP contribution in [0.25, 0.3) is 16.9 Å². The number of allylic oxidation sites excluding steroid dienone is 3. The molecule has 0 aliphatic carbocycles. The zero-order chi connectivity index (χ0) is 26.8. The fraction of sp³-hybridized carbons (Fsp3) is 0.346. The van der Waals surface area contributed by atoms with Crippen molar-refractivity contribution in [2.75, 3.05) is 13.2 Å². The minimum atomic E-state index is -4.49. The molecule has 1 unspecified atom stereocenters. The highest BCUT2D eigenvalue weighted by Gasteiger charge is 2.33. The monoisotopic (exact) mass is 516 g/mol. The van der Waals surface area contributed by atoms with Gasteiger partial charge in [0, 0.05) is 11.4 Å². The van der Waals surface area contributed by atoms with Gasteiger partial charge in [-0.05, 0) is 64.1 Å². The smallest absolute Gasteiger partial charge is 0.416 e. The Kier molecular flexibility index (Phi) is 7.37. The molecule has 4 rings (SSSR count). The molecule has 1 saturated heterocycles. The van der Waals surface area contributed by atoms with Gasteiger partial charge >= 0.3 is 6.18 Å². The van der Waals surface area contributed by atoms with Crippen LogP contribution in [0.2, 0.25) is 0 Å². The van der Waals surface area contributed by atoms with Crippen LogP contribution in [-0.2, 0) is 20.4 Å². The molecule has 1 aliphatic heterocycles. The van der Waals surface area contributed by atoms with Crippen LogP contribution in [0.1, 0.15) is 43.7 Å². The minimum Gasteiger partial charge on any atom is -0.495 e. The molecule has 8 nitrogen and oxygen atoms in total. The van der Waals surface area contributed by atoms with Crippen molar-refractivity contribution in [3.63, 3.8) is 0 Å². The summed E-state index contributed by atoms with van der Waals surface area (Å²) >= 11 is 0. The standard InChI is InChI=1S/C26H27F3N4O4/c1-5-18(11-16(2)35-13-20-14-36-25(3,4)37-20)31-24(34)22-10-9-21-23(32-22)33(15-30-21)19-8-6-7-17(12-19)26(27,28)29/h5-12,15,20H,13-14H2,1-4H3,(H,31,34). The zero-order valence-electron chi connectivity index (χ0n) is 20.8. The zero-order valence-corrected chi connectivity index (χ0v) is 20.8. The van der Waals surface area contributed by atoms with E-state index in [0.29, 0.717) is 30.2 Å².